The van der Waals surface area contributed by atoms with Crippen LogP contribution in [0, 0.1) is 0 Å². The molecule has 0 saturated heterocycles. The number of unbranched alkanes of at least 4 members (excludes halogenated alkanes) is 9. The third-order valence-electron chi connectivity index (χ3n) is 6.98. The fourth-order valence-electron chi connectivity index (χ4n) is 4.29. The molecule has 0 aliphatic carbocycles. The van der Waals surface area contributed by atoms with E-state index in [9.17, 15) is 14.2 Å². The summed E-state index contributed by atoms with van der Waals surface area (Å²) >= 11 is 0. The van der Waals surface area contributed by atoms with Gasteiger partial charge in [-0.2, -0.15) is 0 Å². The summed E-state index contributed by atoms with van der Waals surface area (Å²) in [4.78, 5) is 42.6. The topological polar surface area (TPSA) is 119 Å². The Morgan fingerprint density at radius 2 is 1.08 bits per heavy atom. The van der Waals surface area contributed by atoms with E-state index in [2.05, 4.69) is 42.7 Å². The Morgan fingerprint density at radius 3 is 1.68 bits per heavy atom. The molecule has 0 saturated carbocycles. The van der Waals surface area contributed by atoms with Gasteiger partial charge < -0.3 is 19.3 Å². The number of phosphoric acid groups is 1. The van der Waals surface area contributed by atoms with Crippen LogP contribution in [0.1, 0.15) is 117 Å². The lowest BCUT2D eigenvalue weighted by Crippen LogP contribution is -2.29. The van der Waals surface area contributed by atoms with Crippen molar-refractivity contribution in [3.63, 3.8) is 0 Å². The zero-order valence-electron chi connectivity index (χ0n) is 30.5. The molecule has 50 heavy (non-hydrogen) atoms. The second kappa shape index (κ2) is 35.5. The van der Waals surface area contributed by atoms with Crippen LogP contribution in [0.3, 0.4) is 0 Å². The van der Waals surface area contributed by atoms with Gasteiger partial charge in [0.1, 0.15) is 6.61 Å². The van der Waals surface area contributed by atoms with Crippen molar-refractivity contribution in [3.8, 4) is 0 Å². The average molecular weight is 715 g/mol. The maximum Gasteiger partial charge on any atom is 0.469 e. The minimum Gasteiger partial charge on any atom is -0.462 e. The number of rotatable bonds is 31. The van der Waals surface area contributed by atoms with Crippen LogP contribution < -0.4 is 0 Å². The zero-order valence-corrected chi connectivity index (χ0v) is 31.4. The lowest BCUT2D eigenvalue weighted by Gasteiger charge is -2.18. The van der Waals surface area contributed by atoms with E-state index in [-0.39, 0.29) is 19.4 Å². The van der Waals surface area contributed by atoms with E-state index in [1.165, 1.54) is 38.5 Å². The Labute approximate surface area is 302 Å². The maximum absolute atomic E-state index is 12.3. The molecule has 1 atom stereocenters. The highest BCUT2D eigenvalue weighted by molar-refractivity contribution is 7.46. The molecule has 0 amide bonds. The van der Waals surface area contributed by atoms with Crippen LogP contribution in [0.5, 0.6) is 0 Å². The van der Waals surface area contributed by atoms with Crippen molar-refractivity contribution in [2.75, 3.05) is 13.2 Å². The summed E-state index contributed by atoms with van der Waals surface area (Å²) in [6, 6.07) is 0. The van der Waals surface area contributed by atoms with Crippen LogP contribution >= 0.6 is 7.82 Å². The van der Waals surface area contributed by atoms with Crippen LogP contribution in [-0.2, 0) is 28.2 Å². The first kappa shape index (κ1) is 46.7. The minimum absolute atomic E-state index is 0.0877. The smallest absolute Gasteiger partial charge is 0.462 e. The Bertz CT molecular complexity index is 1170. The monoisotopic (exact) mass is 714 g/mol. The summed E-state index contributed by atoms with van der Waals surface area (Å²) in [6.45, 7) is 3.40. The second-order valence-corrected chi connectivity index (χ2v) is 12.9. The molecular weight excluding hydrogens is 651 g/mol. The van der Waals surface area contributed by atoms with Gasteiger partial charge in [-0.25, -0.2) is 4.57 Å². The highest BCUT2D eigenvalue weighted by atomic mass is 31.2. The lowest BCUT2D eigenvalue weighted by atomic mass is 10.1. The van der Waals surface area contributed by atoms with Crippen LogP contribution in [0.25, 0.3) is 0 Å². The molecule has 0 spiro atoms. The van der Waals surface area contributed by atoms with Gasteiger partial charge >= 0.3 is 19.8 Å². The van der Waals surface area contributed by atoms with E-state index in [0.29, 0.717) is 12.8 Å². The predicted molar refractivity (Wildman–Crippen MR) is 206 cm³/mol. The fraction of sp³-hybridized carbons (Fsp3) is 0.512. The van der Waals surface area contributed by atoms with Crippen molar-refractivity contribution in [2.24, 2.45) is 0 Å². The zero-order chi connectivity index (χ0) is 36.8. The molecule has 0 heterocycles. The van der Waals surface area contributed by atoms with Crippen molar-refractivity contribution in [1.82, 2.24) is 0 Å². The first-order chi connectivity index (χ1) is 24.3. The summed E-state index contributed by atoms with van der Waals surface area (Å²) in [6.07, 6.45) is 49.6. The van der Waals surface area contributed by atoms with Gasteiger partial charge in [0.15, 0.2) is 6.10 Å². The number of carbonyl (C=O) groups excluding carboxylic acids is 2. The predicted octanol–water partition coefficient (Wildman–Crippen LogP) is 10.8. The number of ether oxygens (including phenoxy) is 2. The number of carbonyl (C=O) groups is 2. The number of hydrogen-bond acceptors (Lipinski definition) is 6. The number of esters is 2. The van der Waals surface area contributed by atoms with Crippen LogP contribution in [0.4, 0.5) is 0 Å². The number of allylic oxidation sites excluding steroid dienone is 18. The van der Waals surface area contributed by atoms with Gasteiger partial charge in [0.25, 0.3) is 0 Å². The molecular formula is C41H63O8P. The molecule has 0 fully saturated rings. The normalized spacial score (nSPS) is 13.8. The van der Waals surface area contributed by atoms with E-state index in [0.717, 1.165) is 38.5 Å². The first-order valence-corrected chi connectivity index (χ1v) is 19.8. The van der Waals surface area contributed by atoms with E-state index < -0.39 is 32.5 Å². The molecule has 0 aliphatic heterocycles. The summed E-state index contributed by atoms with van der Waals surface area (Å²) in [5.41, 5.74) is 0. The van der Waals surface area contributed by atoms with Crippen molar-refractivity contribution < 1.29 is 37.9 Å². The molecule has 0 bridgehead atoms. The highest BCUT2D eigenvalue weighted by Gasteiger charge is 2.22. The molecule has 1 unspecified atom stereocenters. The molecule has 2 N–H and O–H groups in total. The Kier molecular flexibility index (Phi) is 33.2. The Hall–Kier alpha value is -3.29. The quantitative estimate of drug-likeness (QED) is 0.0239. The van der Waals surface area contributed by atoms with Gasteiger partial charge in [0.05, 0.1) is 6.61 Å². The van der Waals surface area contributed by atoms with Crippen LogP contribution in [0.2, 0.25) is 0 Å². The van der Waals surface area contributed by atoms with Gasteiger partial charge in [-0.1, -0.05) is 162 Å². The standard InChI is InChI=1S/C41H63O8P/c1-3-5-7-9-11-13-15-17-18-19-20-21-22-24-25-27-29-31-33-35-40(42)47-37-39(38-48-50(44,45)46)49-41(43)36-34-32-30-28-26-23-16-14-12-10-8-6-4-2/h5,7,9,11,13,15,17-26,30,32,39H,3-4,6,8,10,12,14,16,27-29,31,33-38H2,1-2H3,(H2,44,45,46)/b7-5+,11-9+,15-13+,18-17+,20-19+,22-21+,25-24+,26-23+,32-30+. The van der Waals surface area contributed by atoms with Gasteiger partial charge in [0, 0.05) is 12.8 Å². The van der Waals surface area contributed by atoms with E-state index in [1.807, 2.05) is 85.1 Å². The van der Waals surface area contributed by atoms with E-state index in [1.54, 1.807) is 0 Å². The molecule has 0 radical (unpaired) electrons. The third-order valence-corrected chi connectivity index (χ3v) is 7.47. The first-order valence-electron chi connectivity index (χ1n) is 18.3. The molecule has 8 nitrogen and oxygen atoms in total. The fourth-order valence-corrected chi connectivity index (χ4v) is 4.65. The van der Waals surface area contributed by atoms with Crippen molar-refractivity contribution in [1.29, 1.82) is 0 Å². The van der Waals surface area contributed by atoms with Gasteiger partial charge in [-0.3, -0.25) is 14.1 Å². The molecule has 0 aromatic rings. The highest BCUT2D eigenvalue weighted by Crippen LogP contribution is 2.35. The third kappa shape index (κ3) is 37.5. The SMILES string of the molecule is CC/C=C/C=C/C=C/C=C/C=C/C=C/C=C/CCCCCC(=O)OCC(COP(=O)(O)O)OC(=O)CC/C=C/C/C=C/CCCCCCCC. The minimum atomic E-state index is -4.78. The summed E-state index contributed by atoms with van der Waals surface area (Å²) in [5.74, 6) is -1.03. The summed E-state index contributed by atoms with van der Waals surface area (Å²) in [5, 5.41) is 0. The van der Waals surface area contributed by atoms with Crippen LogP contribution in [0.15, 0.2) is 109 Å². The lowest BCUT2D eigenvalue weighted by molar-refractivity contribution is -0.161. The van der Waals surface area contributed by atoms with Crippen molar-refractivity contribution >= 4 is 19.8 Å². The Morgan fingerprint density at radius 1 is 0.560 bits per heavy atom. The van der Waals surface area contributed by atoms with Gasteiger partial charge in [-0.15, -0.1) is 0 Å². The van der Waals surface area contributed by atoms with Gasteiger partial charge in [0.2, 0.25) is 0 Å². The van der Waals surface area contributed by atoms with Crippen molar-refractivity contribution in [2.45, 2.75) is 123 Å². The molecule has 0 aromatic carbocycles. The molecule has 280 valence electrons. The largest absolute Gasteiger partial charge is 0.469 e. The molecule has 0 rings (SSSR count). The van der Waals surface area contributed by atoms with Crippen molar-refractivity contribution in [3.05, 3.63) is 109 Å². The molecule has 0 aromatic heterocycles. The summed E-state index contributed by atoms with van der Waals surface area (Å²) < 4.78 is 26.2. The molecule has 0 aliphatic rings. The number of hydrogen-bond donors (Lipinski definition) is 2. The summed E-state index contributed by atoms with van der Waals surface area (Å²) in [7, 11) is -4.78. The van der Waals surface area contributed by atoms with E-state index in [4.69, 9.17) is 19.3 Å². The van der Waals surface area contributed by atoms with E-state index >= 15 is 0 Å². The molecule has 9 heteroatoms. The van der Waals surface area contributed by atoms with Crippen LogP contribution in [-0.4, -0.2) is 41.0 Å². The average Bonchev–Trinajstić information content (AvgIpc) is 3.08. The van der Waals surface area contributed by atoms with Gasteiger partial charge in [-0.05, 0) is 51.4 Å². The number of phosphoric ester groups is 1. The second-order valence-electron chi connectivity index (χ2n) is 11.6. The maximum atomic E-state index is 12.3. The Balaban J connectivity index is 4.21.